The molecule has 2 N–H and O–H groups in total. The van der Waals surface area contributed by atoms with Gasteiger partial charge in [-0.2, -0.15) is 0 Å². The summed E-state index contributed by atoms with van der Waals surface area (Å²) in [5.74, 6) is 0.728. The summed E-state index contributed by atoms with van der Waals surface area (Å²) in [7, 11) is 0. The molecule has 114 valence electrons. The summed E-state index contributed by atoms with van der Waals surface area (Å²) >= 11 is 0. The quantitative estimate of drug-likeness (QED) is 0.893. The van der Waals surface area contributed by atoms with E-state index >= 15 is 0 Å². The van der Waals surface area contributed by atoms with Gasteiger partial charge in [-0.1, -0.05) is 12.8 Å². The Morgan fingerprint density at radius 1 is 1.23 bits per heavy atom. The Hall–Kier alpha value is -2.01. The minimum Gasteiger partial charge on any atom is -0.324 e. The minimum atomic E-state index is -0.0759. The maximum atomic E-state index is 12.6. The molecule has 1 amide bonds. The molecule has 5 nitrogen and oxygen atoms in total. The van der Waals surface area contributed by atoms with Crippen LogP contribution in [0.25, 0.3) is 10.9 Å². The van der Waals surface area contributed by atoms with Crippen molar-refractivity contribution in [2.24, 2.45) is 5.92 Å². The van der Waals surface area contributed by atoms with Crippen LogP contribution in [-0.2, 0) is 4.79 Å². The second-order valence-corrected chi connectivity index (χ2v) is 6.35. The molecule has 2 aromatic heterocycles. The molecule has 3 atom stereocenters. The number of hydrogen-bond acceptors (Lipinski definition) is 4. The second-order valence-electron chi connectivity index (χ2n) is 6.35. The van der Waals surface area contributed by atoms with Crippen LogP contribution >= 0.6 is 0 Å². The number of anilines is 1. The zero-order valence-electron chi connectivity index (χ0n) is 12.5. The van der Waals surface area contributed by atoms with E-state index < -0.39 is 0 Å². The predicted molar refractivity (Wildman–Crippen MR) is 85.5 cm³/mol. The van der Waals surface area contributed by atoms with Crippen molar-refractivity contribution in [1.29, 1.82) is 0 Å². The molecular formula is C17H20N4O. The van der Waals surface area contributed by atoms with Gasteiger partial charge in [0, 0.05) is 30.0 Å². The second kappa shape index (κ2) is 5.65. The van der Waals surface area contributed by atoms with Gasteiger partial charge in [0.15, 0.2) is 0 Å². The Morgan fingerprint density at radius 3 is 3.05 bits per heavy atom. The summed E-state index contributed by atoms with van der Waals surface area (Å²) in [5, 5.41) is 7.46. The van der Waals surface area contributed by atoms with Gasteiger partial charge < -0.3 is 10.6 Å². The van der Waals surface area contributed by atoms with Gasteiger partial charge in [-0.25, -0.2) is 0 Å². The third-order valence-electron chi connectivity index (χ3n) is 4.98. The molecule has 0 bridgehead atoms. The number of pyridine rings is 2. The highest BCUT2D eigenvalue weighted by Crippen LogP contribution is 2.33. The first-order chi connectivity index (χ1) is 10.8. The van der Waals surface area contributed by atoms with Crippen molar-refractivity contribution in [1.82, 2.24) is 15.3 Å². The number of fused-ring (bicyclic) bond motifs is 2. The van der Waals surface area contributed by atoms with Crippen LogP contribution in [0.1, 0.15) is 32.1 Å². The predicted octanol–water partition coefficient (Wildman–Crippen LogP) is 2.49. The Morgan fingerprint density at radius 2 is 2.14 bits per heavy atom. The zero-order valence-corrected chi connectivity index (χ0v) is 12.5. The molecule has 1 aliphatic carbocycles. The van der Waals surface area contributed by atoms with E-state index in [1.807, 2.05) is 12.1 Å². The summed E-state index contributed by atoms with van der Waals surface area (Å²) in [4.78, 5) is 21.0. The van der Waals surface area contributed by atoms with Crippen LogP contribution < -0.4 is 10.6 Å². The zero-order chi connectivity index (χ0) is 14.9. The molecule has 4 rings (SSSR count). The SMILES string of the molecule is O=C(Nc1ccnc2ccncc12)C1CC2CCCCC2N1. The summed E-state index contributed by atoms with van der Waals surface area (Å²) in [5.41, 5.74) is 1.64. The van der Waals surface area contributed by atoms with Crippen LogP contribution in [0.3, 0.4) is 0 Å². The number of nitrogens with one attached hydrogen (secondary N) is 2. The number of rotatable bonds is 2. The van der Waals surface area contributed by atoms with E-state index in [0.717, 1.165) is 23.0 Å². The molecule has 0 spiro atoms. The summed E-state index contributed by atoms with van der Waals surface area (Å²) < 4.78 is 0. The van der Waals surface area contributed by atoms with Crippen LogP contribution in [0.5, 0.6) is 0 Å². The highest BCUT2D eigenvalue weighted by Gasteiger charge is 2.38. The molecule has 0 radical (unpaired) electrons. The number of carbonyl (C=O) groups excluding carboxylic acids is 1. The lowest BCUT2D eigenvalue weighted by Gasteiger charge is -2.24. The average molecular weight is 296 g/mol. The smallest absolute Gasteiger partial charge is 0.241 e. The fourth-order valence-corrected chi connectivity index (χ4v) is 3.84. The third-order valence-corrected chi connectivity index (χ3v) is 4.98. The fraction of sp³-hybridized carbons (Fsp3) is 0.471. The molecule has 1 aliphatic heterocycles. The van der Waals surface area contributed by atoms with E-state index in [-0.39, 0.29) is 11.9 Å². The van der Waals surface area contributed by atoms with Gasteiger partial charge in [-0.05, 0) is 37.3 Å². The highest BCUT2D eigenvalue weighted by molar-refractivity contribution is 6.02. The van der Waals surface area contributed by atoms with Gasteiger partial charge in [0.1, 0.15) is 0 Å². The van der Waals surface area contributed by atoms with Crippen LogP contribution in [0.4, 0.5) is 5.69 Å². The van der Waals surface area contributed by atoms with E-state index in [1.54, 1.807) is 18.6 Å². The number of hydrogen-bond donors (Lipinski definition) is 2. The van der Waals surface area contributed by atoms with Gasteiger partial charge in [0.05, 0.1) is 17.2 Å². The number of nitrogens with zero attached hydrogens (tertiary/aromatic N) is 2. The topological polar surface area (TPSA) is 66.9 Å². The Bertz CT molecular complexity index is 683. The van der Waals surface area contributed by atoms with Gasteiger partial charge >= 0.3 is 0 Å². The van der Waals surface area contributed by atoms with Crippen molar-refractivity contribution in [3.05, 3.63) is 30.7 Å². The Labute approximate surface area is 129 Å². The highest BCUT2D eigenvalue weighted by atomic mass is 16.2. The van der Waals surface area contributed by atoms with Gasteiger partial charge in [0.2, 0.25) is 5.91 Å². The lowest BCUT2D eigenvalue weighted by Crippen LogP contribution is -2.39. The van der Waals surface area contributed by atoms with Crippen LogP contribution in [-0.4, -0.2) is 28.0 Å². The van der Waals surface area contributed by atoms with Gasteiger partial charge in [-0.3, -0.25) is 14.8 Å². The number of amides is 1. The summed E-state index contributed by atoms with van der Waals surface area (Å²) in [6.07, 6.45) is 11.2. The molecule has 22 heavy (non-hydrogen) atoms. The van der Waals surface area contributed by atoms with E-state index in [2.05, 4.69) is 20.6 Å². The van der Waals surface area contributed by atoms with Crippen molar-refractivity contribution < 1.29 is 4.79 Å². The van der Waals surface area contributed by atoms with Gasteiger partial charge in [0.25, 0.3) is 0 Å². The van der Waals surface area contributed by atoms with Crippen LogP contribution in [0.2, 0.25) is 0 Å². The monoisotopic (exact) mass is 296 g/mol. The number of carbonyl (C=O) groups is 1. The Balaban J connectivity index is 1.52. The van der Waals surface area contributed by atoms with E-state index in [1.165, 1.54) is 25.7 Å². The standard InChI is InChI=1S/C17H20N4O/c22-17(16-9-11-3-1-2-4-13(11)20-16)21-15-6-8-19-14-5-7-18-10-12(14)15/h5-8,10-11,13,16,20H,1-4,9H2,(H,19,21,22). The Kier molecular flexibility index (Phi) is 3.50. The fourth-order valence-electron chi connectivity index (χ4n) is 3.84. The molecule has 2 aliphatic rings. The first-order valence-electron chi connectivity index (χ1n) is 8.07. The molecule has 2 aromatic rings. The average Bonchev–Trinajstić information content (AvgIpc) is 2.99. The molecule has 2 fully saturated rings. The van der Waals surface area contributed by atoms with E-state index in [0.29, 0.717) is 12.0 Å². The molecule has 1 saturated carbocycles. The molecule has 1 saturated heterocycles. The van der Waals surface area contributed by atoms with Crippen molar-refractivity contribution in [2.75, 3.05) is 5.32 Å². The van der Waals surface area contributed by atoms with E-state index in [9.17, 15) is 4.79 Å². The minimum absolute atomic E-state index is 0.0609. The molecule has 3 unspecified atom stereocenters. The van der Waals surface area contributed by atoms with Crippen molar-refractivity contribution in [2.45, 2.75) is 44.2 Å². The maximum Gasteiger partial charge on any atom is 0.241 e. The first-order valence-corrected chi connectivity index (χ1v) is 8.07. The summed E-state index contributed by atoms with van der Waals surface area (Å²) in [6.45, 7) is 0. The first kappa shape index (κ1) is 13.6. The lowest BCUT2D eigenvalue weighted by molar-refractivity contribution is -0.117. The third kappa shape index (κ3) is 2.46. The van der Waals surface area contributed by atoms with Gasteiger partial charge in [-0.15, -0.1) is 0 Å². The van der Waals surface area contributed by atoms with Crippen LogP contribution in [0, 0.1) is 5.92 Å². The lowest BCUT2D eigenvalue weighted by atomic mass is 9.85. The normalized spacial score (nSPS) is 27.5. The molecular weight excluding hydrogens is 276 g/mol. The summed E-state index contributed by atoms with van der Waals surface area (Å²) in [6, 6.07) is 4.14. The van der Waals surface area contributed by atoms with E-state index in [4.69, 9.17) is 0 Å². The maximum absolute atomic E-state index is 12.6. The number of aromatic nitrogens is 2. The van der Waals surface area contributed by atoms with Crippen LogP contribution in [0.15, 0.2) is 30.7 Å². The van der Waals surface area contributed by atoms with Crippen molar-refractivity contribution >= 4 is 22.5 Å². The largest absolute Gasteiger partial charge is 0.324 e. The van der Waals surface area contributed by atoms with Crippen molar-refractivity contribution in [3.8, 4) is 0 Å². The van der Waals surface area contributed by atoms with Crippen molar-refractivity contribution in [3.63, 3.8) is 0 Å². The molecule has 5 heteroatoms. The molecule has 0 aromatic carbocycles. The molecule has 3 heterocycles.